The van der Waals surface area contributed by atoms with Gasteiger partial charge in [-0.25, -0.2) is 0 Å². The van der Waals surface area contributed by atoms with Gasteiger partial charge in [0.25, 0.3) is 0 Å². The molecule has 3 aromatic carbocycles. The van der Waals surface area contributed by atoms with E-state index in [4.69, 9.17) is 14.5 Å². The van der Waals surface area contributed by atoms with Crippen LogP contribution in [0.5, 0.6) is 11.5 Å². The molecular weight excluding hydrogens is 434 g/mol. The summed E-state index contributed by atoms with van der Waals surface area (Å²) in [6.45, 7) is 0. The molecule has 0 saturated heterocycles. The largest absolute Gasteiger partial charge is 0.493 e. The topological polar surface area (TPSA) is 30.8 Å². The fourth-order valence-corrected chi connectivity index (χ4v) is 4.76. The summed E-state index contributed by atoms with van der Waals surface area (Å²) in [5, 5.41) is 0.228. The third-order valence-corrected chi connectivity index (χ3v) is 6.58. The Labute approximate surface area is 177 Å². The Kier molecular flexibility index (Phi) is 5.74. The van der Waals surface area contributed by atoms with Gasteiger partial charge in [-0.15, -0.1) is 11.8 Å². The van der Waals surface area contributed by atoms with E-state index in [0.717, 1.165) is 39.4 Å². The molecule has 0 fully saturated rings. The first-order valence-electron chi connectivity index (χ1n) is 8.99. The molecule has 0 unspecified atom stereocenters. The van der Waals surface area contributed by atoms with Crippen LogP contribution in [0, 0.1) is 0 Å². The molecule has 1 atom stereocenters. The molecule has 1 aliphatic heterocycles. The molecule has 3 aromatic rings. The van der Waals surface area contributed by atoms with Gasteiger partial charge < -0.3 is 9.47 Å². The van der Waals surface area contributed by atoms with E-state index < -0.39 is 0 Å². The first kappa shape index (κ1) is 19.1. The fraction of sp³-hybridized carbons (Fsp3) is 0.174. The highest BCUT2D eigenvalue weighted by Gasteiger charge is 2.23. The highest BCUT2D eigenvalue weighted by Crippen LogP contribution is 2.46. The number of halogens is 1. The Bertz CT molecular complexity index is 1020. The van der Waals surface area contributed by atoms with E-state index >= 15 is 0 Å². The van der Waals surface area contributed by atoms with E-state index in [0.29, 0.717) is 0 Å². The summed E-state index contributed by atoms with van der Waals surface area (Å²) in [6, 6.07) is 22.9. The third-order valence-electron chi connectivity index (χ3n) is 4.73. The van der Waals surface area contributed by atoms with Crippen LogP contribution >= 0.6 is 27.7 Å². The van der Waals surface area contributed by atoms with Crippen molar-refractivity contribution in [2.45, 2.75) is 16.6 Å². The van der Waals surface area contributed by atoms with Crippen molar-refractivity contribution in [1.82, 2.24) is 0 Å². The van der Waals surface area contributed by atoms with Crippen LogP contribution in [0.4, 0.5) is 5.69 Å². The normalized spacial score (nSPS) is 16.0. The van der Waals surface area contributed by atoms with Crippen molar-refractivity contribution in [3.05, 3.63) is 82.3 Å². The second-order valence-corrected chi connectivity index (χ2v) is 8.62. The molecule has 142 valence electrons. The molecule has 0 spiro atoms. The van der Waals surface area contributed by atoms with Crippen molar-refractivity contribution >= 4 is 39.1 Å². The Morgan fingerprint density at radius 2 is 1.68 bits per heavy atom. The number of thioether (sulfide) groups is 1. The molecule has 0 aromatic heterocycles. The van der Waals surface area contributed by atoms with E-state index in [-0.39, 0.29) is 5.25 Å². The molecule has 28 heavy (non-hydrogen) atoms. The SMILES string of the molecule is COc1ccc([C@@H]2CC(c3ccc(Br)cc3)=Nc3ccccc3S2)cc1OC. The van der Waals surface area contributed by atoms with Crippen molar-refractivity contribution in [2.75, 3.05) is 14.2 Å². The molecular formula is C23H20BrNO2S. The summed E-state index contributed by atoms with van der Waals surface area (Å²) >= 11 is 5.36. The van der Waals surface area contributed by atoms with Crippen molar-refractivity contribution in [1.29, 1.82) is 0 Å². The van der Waals surface area contributed by atoms with Crippen LogP contribution in [0.25, 0.3) is 0 Å². The van der Waals surface area contributed by atoms with Gasteiger partial charge >= 0.3 is 0 Å². The lowest BCUT2D eigenvalue weighted by atomic mass is 10.0. The molecule has 0 amide bonds. The lowest BCUT2D eigenvalue weighted by molar-refractivity contribution is 0.354. The number of fused-ring (bicyclic) bond motifs is 1. The lowest BCUT2D eigenvalue weighted by Gasteiger charge is -2.18. The molecule has 0 saturated carbocycles. The Morgan fingerprint density at radius 3 is 2.43 bits per heavy atom. The number of hydrogen-bond acceptors (Lipinski definition) is 4. The van der Waals surface area contributed by atoms with E-state index in [1.165, 1.54) is 10.5 Å². The van der Waals surface area contributed by atoms with Crippen LogP contribution in [-0.2, 0) is 0 Å². The third kappa shape index (κ3) is 3.96. The van der Waals surface area contributed by atoms with E-state index in [1.54, 1.807) is 14.2 Å². The average Bonchev–Trinajstić information content (AvgIpc) is 2.93. The van der Waals surface area contributed by atoms with E-state index in [9.17, 15) is 0 Å². The van der Waals surface area contributed by atoms with Crippen molar-refractivity contribution in [3.63, 3.8) is 0 Å². The van der Waals surface area contributed by atoms with Crippen molar-refractivity contribution in [3.8, 4) is 11.5 Å². The summed E-state index contributed by atoms with van der Waals surface area (Å²) in [7, 11) is 3.33. The smallest absolute Gasteiger partial charge is 0.161 e. The zero-order valence-electron chi connectivity index (χ0n) is 15.7. The molecule has 0 aliphatic carbocycles. The molecule has 1 heterocycles. The highest BCUT2D eigenvalue weighted by molar-refractivity contribution is 9.10. The minimum absolute atomic E-state index is 0.228. The van der Waals surface area contributed by atoms with E-state index in [1.807, 2.05) is 23.9 Å². The molecule has 0 bridgehead atoms. The molecule has 0 radical (unpaired) electrons. The van der Waals surface area contributed by atoms with Gasteiger partial charge in [-0.3, -0.25) is 4.99 Å². The monoisotopic (exact) mass is 453 g/mol. The van der Waals surface area contributed by atoms with Gasteiger partial charge in [0.1, 0.15) is 0 Å². The van der Waals surface area contributed by atoms with Crippen LogP contribution < -0.4 is 9.47 Å². The van der Waals surface area contributed by atoms with E-state index in [2.05, 4.69) is 70.5 Å². The number of aliphatic imine (C=N–C) groups is 1. The Morgan fingerprint density at radius 1 is 0.929 bits per heavy atom. The fourth-order valence-electron chi connectivity index (χ4n) is 3.27. The number of methoxy groups -OCH3 is 2. The summed E-state index contributed by atoms with van der Waals surface area (Å²) in [5.74, 6) is 1.49. The highest BCUT2D eigenvalue weighted by atomic mass is 79.9. The van der Waals surface area contributed by atoms with Crippen molar-refractivity contribution < 1.29 is 9.47 Å². The standard InChI is InChI=1S/C23H20BrNO2S/c1-26-20-12-9-16(13-21(20)27-2)23-14-19(15-7-10-17(24)11-8-15)25-18-5-3-4-6-22(18)28-23/h3-13,23H,14H2,1-2H3/t23-/m0/s1. The maximum atomic E-state index is 5.52. The number of rotatable bonds is 4. The van der Waals surface area contributed by atoms with Gasteiger partial charge in [0.05, 0.1) is 19.9 Å². The second kappa shape index (κ2) is 8.41. The molecule has 1 aliphatic rings. The minimum atomic E-state index is 0.228. The summed E-state index contributed by atoms with van der Waals surface area (Å²) in [6.07, 6.45) is 0.830. The number of hydrogen-bond donors (Lipinski definition) is 0. The van der Waals surface area contributed by atoms with Gasteiger partial charge in [-0.2, -0.15) is 0 Å². The van der Waals surface area contributed by atoms with Gasteiger partial charge in [0, 0.05) is 26.8 Å². The number of benzene rings is 3. The quantitative estimate of drug-likeness (QED) is 0.433. The van der Waals surface area contributed by atoms with Gasteiger partial charge in [0.15, 0.2) is 11.5 Å². The van der Waals surface area contributed by atoms with Gasteiger partial charge in [-0.05, 0) is 47.5 Å². The maximum Gasteiger partial charge on any atom is 0.161 e. The first-order valence-corrected chi connectivity index (χ1v) is 10.7. The van der Waals surface area contributed by atoms with Crippen LogP contribution in [0.2, 0.25) is 0 Å². The van der Waals surface area contributed by atoms with Crippen LogP contribution in [0.15, 0.2) is 81.1 Å². The first-order chi connectivity index (χ1) is 13.7. The Balaban J connectivity index is 1.77. The maximum absolute atomic E-state index is 5.52. The number of ether oxygens (including phenoxy) is 2. The summed E-state index contributed by atoms with van der Waals surface area (Å²) in [4.78, 5) is 6.20. The van der Waals surface area contributed by atoms with Crippen molar-refractivity contribution in [2.24, 2.45) is 4.99 Å². The predicted molar refractivity (Wildman–Crippen MR) is 120 cm³/mol. The number of nitrogens with zero attached hydrogens (tertiary/aromatic N) is 1. The minimum Gasteiger partial charge on any atom is -0.493 e. The predicted octanol–water partition coefficient (Wildman–Crippen LogP) is 6.82. The van der Waals surface area contributed by atoms with Crippen LogP contribution in [0.1, 0.15) is 22.8 Å². The molecule has 0 N–H and O–H groups in total. The zero-order chi connectivity index (χ0) is 19.5. The van der Waals surface area contributed by atoms with Gasteiger partial charge in [-0.1, -0.05) is 46.3 Å². The van der Waals surface area contributed by atoms with Gasteiger partial charge in [0.2, 0.25) is 0 Å². The second-order valence-electron chi connectivity index (χ2n) is 6.46. The summed E-state index contributed by atoms with van der Waals surface area (Å²) in [5.41, 5.74) is 4.45. The zero-order valence-corrected chi connectivity index (χ0v) is 18.1. The Hall–Kier alpha value is -2.24. The molecule has 5 heteroatoms. The average molecular weight is 454 g/mol. The lowest BCUT2D eigenvalue weighted by Crippen LogP contribution is -2.05. The molecule has 3 nitrogen and oxygen atoms in total. The van der Waals surface area contributed by atoms with Crippen LogP contribution in [0.3, 0.4) is 0 Å². The van der Waals surface area contributed by atoms with Crippen LogP contribution in [-0.4, -0.2) is 19.9 Å². The molecule has 4 rings (SSSR count). The number of para-hydroxylation sites is 1. The summed E-state index contributed by atoms with van der Waals surface area (Å²) < 4.78 is 12.0.